The maximum absolute atomic E-state index is 12.9. The fourth-order valence-electron chi connectivity index (χ4n) is 1.99. The molecule has 1 heterocycles. The lowest BCUT2D eigenvalue weighted by Gasteiger charge is -2.19. The maximum Gasteiger partial charge on any atom is 0.396 e. The lowest BCUT2D eigenvalue weighted by molar-refractivity contribution is -0.163. The number of aromatic nitrogens is 1. The number of benzene rings is 1. The molecule has 3 nitrogen and oxygen atoms in total. The molecule has 2 rings (SSSR count). The van der Waals surface area contributed by atoms with E-state index in [-0.39, 0.29) is 5.56 Å². The number of rotatable bonds is 3. The minimum absolute atomic E-state index is 0.0105. The van der Waals surface area contributed by atoms with Crippen LogP contribution in [0.4, 0.5) is 13.2 Å². The average molecular weight is 257 g/mol. The highest BCUT2D eigenvalue weighted by Crippen LogP contribution is 2.40. The Hall–Kier alpha value is -1.98. The van der Waals surface area contributed by atoms with Crippen molar-refractivity contribution in [3.63, 3.8) is 0 Å². The Labute approximate surface area is 100 Å². The van der Waals surface area contributed by atoms with E-state index >= 15 is 0 Å². The third-order valence-corrected chi connectivity index (χ3v) is 2.78. The van der Waals surface area contributed by atoms with Gasteiger partial charge >= 0.3 is 12.1 Å². The van der Waals surface area contributed by atoms with Gasteiger partial charge in [0.25, 0.3) is 0 Å². The van der Waals surface area contributed by atoms with Gasteiger partial charge in [-0.25, -0.2) is 0 Å². The SMILES string of the molecule is O=C(O)CC(c1cccc2[nH]ccc12)C(F)(F)F. The van der Waals surface area contributed by atoms with Crippen LogP contribution in [0.5, 0.6) is 0 Å². The number of H-pyrrole nitrogens is 1. The number of carboxylic acid groups (broad SMARTS) is 1. The Kier molecular flexibility index (Phi) is 3.02. The largest absolute Gasteiger partial charge is 0.481 e. The summed E-state index contributed by atoms with van der Waals surface area (Å²) in [6.45, 7) is 0. The van der Waals surface area contributed by atoms with Crippen LogP contribution in [0.2, 0.25) is 0 Å². The van der Waals surface area contributed by atoms with Crippen LogP contribution in [-0.2, 0) is 4.79 Å². The van der Waals surface area contributed by atoms with E-state index in [4.69, 9.17) is 5.11 Å². The van der Waals surface area contributed by atoms with Crippen LogP contribution in [0.25, 0.3) is 10.9 Å². The number of hydrogen-bond acceptors (Lipinski definition) is 1. The van der Waals surface area contributed by atoms with Gasteiger partial charge in [0.2, 0.25) is 0 Å². The normalized spacial score (nSPS) is 13.7. The lowest BCUT2D eigenvalue weighted by Crippen LogP contribution is -2.23. The van der Waals surface area contributed by atoms with Crippen molar-refractivity contribution in [1.29, 1.82) is 0 Å². The van der Waals surface area contributed by atoms with Gasteiger partial charge in [-0.15, -0.1) is 0 Å². The summed E-state index contributed by atoms with van der Waals surface area (Å²) in [6.07, 6.45) is -4.01. The molecule has 0 amide bonds. The Balaban J connectivity index is 2.54. The number of fused-ring (bicyclic) bond motifs is 1. The van der Waals surface area contributed by atoms with E-state index in [2.05, 4.69) is 4.98 Å². The van der Waals surface area contributed by atoms with Crippen LogP contribution in [-0.4, -0.2) is 22.2 Å². The molecule has 2 N–H and O–H groups in total. The monoisotopic (exact) mass is 257 g/mol. The van der Waals surface area contributed by atoms with Gasteiger partial charge < -0.3 is 10.1 Å². The fourth-order valence-corrected chi connectivity index (χ4v) is 1.99. The summed E-state index contributed by atoms with van der Waals surface area (Å²) < 4.78 is 38.8. The molecule has 1 aromatic carbocycles. The van der Waals surface area contributed by atoms with Gasteiger partial charge in [-0.1, -0.05) is 12.1 Å². The molecule has 1 aromatic heterocycles. The van der Waals surface area contributed by atoms with Crippen molar-refractivity contribution in [1.82, 2.24) is 4.98 Å². The predicted octanol–water partition coefficient (Wildman–Crippen LogP) is 3.29. The number of halogens is 3. The van der Waals surface area contributed by atoms with Gasteiger partial charge in [-0.2, -0.15) is 13.2 Å². The number of hydrogen-bond donors (Lipinski definition) is 2. The molecule has 1 atom stereocenters. The molecule has 0 aliphatic heterocycles. The quantitative estimate of drug-likeness (QED) is 0.886. The van der Waals surface area contributed by atoms with Crippen molar-refractivity contribution < 1.29 is 23.1 Å². The summed E-state index contributed by atoms with van der Waals surface area (Å²) in [4.78, 5) is 13.4. The smallest absolute Gasteiger partial charge is 0.396 e. The summed E-state index contributed by atoms with van der Waals surface area (Å²) >= 11 is 0. The minimum atomic E-state index is -4.58. The highest BCUT2D eigenvalue weighted by Gasteiger charge is 2.42. The van der Waals surface area contributed by atoms with E-state index in [1.807, 2.05) is 0 Å². The summed E-state index contributed by atoms with van der Waals surface area (Å²) in [5.41, 5.74) is 0.552. The first-order valence-electron chi connectivity index (χ1n) is 5.24. The van der Waals surface area contributed by atoms with Crippen molar-refractivity contribution in [3.8, 4) is 0 Å². The molecule has 2 aromatic rings. The van der Waals surface area contributed by atoms with Crippen molar-refractivity contribution in [3.05, 3.63) is 36.0 Å². The zero-order valence-corrected chi connectivity index (χ0v) is 9.16. The van der Waals surface area contributed by atoms with Gasteiger partial charge in [0.1, 0.15) is 0 Å². The Bertz CT molecular complexity index is 574. The average Bonchev–Trinajstić information content (AvgIpc) is 2.71. The van der Waals surface area contributed by atoms with Crippen LogP contribution in [0.15, 0.2) is 30.5 Å². The van der Waals surface area contributed by atoms with E-state index < -0.39 is 24.5 Å². The number of aromatic amines is 1. The summed E-state index contributed by atoms with van der Waals surface area (Å²) in [7, 11) is 0. The van der Waals surface area contributed by atoms with E-state index in [0.717, 1.165) is 0 Å². The summed E-state index contributed by atoms with van der Waals surface area (Å²) in [6, 6.07) is 5.96. The van der Waals surface area contributed by atoms with Crippen molar-refractivity contribution in [2.45, 2.75) is 18.5 Å². The topological polar surface area (TPSA) is 53.1 Å². The Morgan fingerprint density at radius 3 is 2.67 bits per heavy atom. The lowest BCUT2D eigenvalue weighted by atomic mass is 9.92. The van der Waals surface area contributed by atoms with Crippen LogP contribution >= 0.6 is 0 Å². The third kappa shape index (κ3) is 2.32. The number of alkyl halides is 3. The van der Waals surface area contributed by atoms with E-state index in [1.165, 1.54) is 24.4 Å². The standard InChI is InChI=1S/C12H10F3NO2/c13-12(14,15)9(6-11(17)18)7-2-1-3-10-8(7)4-5-16-10/h1-5,9,16H,6H2,(H,17,18). The van der Waals surface area contributed by atoms with Crippen LogP contribution in [0.3, 0.4) is 0 Å². The van der Waals surface area contributed by atoms with E-state index in [9.17, 15) is 18.0 Å². The number of carbonyl (C=O) groups is 1. The fraction of sp³-hybridized carbons (Fsp3) is 0.250. The number of nitrogens with one attached hydrogen (secondary N) is 1. The first-order chi connectivity index (χ1) is 8.39. The molecule has 0 bridgehead atoms. The second-order valence-corrected chi connectivity index (χ2v) is 3.98. The molecule has 0 saturated heterocycles. The number of aliphatic carboxylic acids is 1. The Morgan fingerprint density at radius 1 is 1.33 bits per heavy atom. The molecule has 96 valence electrons. The first-order valence-corrected chi connectivity index (χ1v) is 5.24. The maximum atomic E-state index is 12.9. The molecule has 0 aliphatic rings. The summed E-state index contributed by atoms with van der Waals surface area (Å²) in [5.74, 6) is -3.46. The molecule has 18 heavy (non-hydrogen) atoms. The number of carboxylic acids is 1. The molecule has 1 unspecified atom stereocenters. The third-order valence-electron chi connectivity index (χ3n) is 2.78. The van der Waals surface area contributed by atoms with Crippen LogP contribution < -0.4 is 0 Å². The van der Waals surface area contributed by atoms with Gasteiger partial charge in [0.15, 0.2) is 0 Å². The molecular weight excluding hydrogens is 247 g/mol. The highest BCUT2D eigenvalue weighted by atomic mass is 19.4. The molecule has 0 aliphatic carbocycles. The molecule has 0 spiro atoms. The second-order valence-electron chi connectivity index (χ2n) is 3.98. The zero-order valence-electron chi connectivity index (χ0n) is 9.16. The molecule has 0 fully saturated rings. The van der Waals surface area contributed by atoms with E-state index in [0.29, 0.717) is 10.9 Å². The zero-order chi connectivity index (χ0) is 13.3. The molecule has 0 radical (unpaired) electrons. The van der Waals surface area contributed by atoms with Crippen molar-refractivity contribution >= 4 is 16.9 Å². The van der Waals surface area contributed by atoms with Crippen molar-refractivity contribution in [2.75, 3.05) is 0 Å². The molecular formula is C12H10F3NO2. The van der Waals surface area contributed by atoms with Gasteiger partial charge in [0, 0.05) is 17.1 Å². The van der Waals surface area contributed by atoms with Gasteiger partial charge in [-0.3, -0.25) is 4.79 Å². The van der Waals surface area contributed by atoms with Crippen molar-refractivity contribution in [2.24, 2.45) is 0 Å². The minimum Gasteiger partial charge on any atom is -0.481 e. The highest BCUT2D eigenvalue weighted by molar-refractivity contribution is 5.84. The van der Waals surface area contributed by atoms with E-state index in [1.54, 1.807) is 6.07 Å². The molecule has 6 heteroatoms. The first kappa shape index (κ1) is 12.5. The predicted molar refractivity (Wildman–Crippen MR) is 59.3 cm³/mol. The Morgan fingerprint density at radius 2 is 2.06 bits per heavy atom. The summed E-state index contributed by atoms with van der Waals surface area (Å²) in [5, 5.41) is 9.03. The second kappa shape index (κ2) is 4.36. The molecule has 0 saturated carbocycles. The van der Waals surface area contributed by atoms with Gasteiger partial charge in [0.05, 0.1) is 12.3 Å². The van der Waals surface area contributed by atoms with Gasteiger partial charge in [-0.05, 0) is 17.7 Å². The van der Waals surface area contributed by atoms with Crippen LogP contribution in [0.1, 0.15) is 17.9 Å². The van der Waals surface area contributed by atoms with Crippen LogP contribution in [0, 0.1) is 0 Å².